The molecule has 0 radical (unpaired) electrons. The van der Waals surface area contributed by atoms with Gasteiger partial charge in [-0.2, -0.15) is 16.4 Å². The molecule has 0 saturated heterocycles. The van der Waals surface area contributed by atoms with Gasteiger partial charge in [-0.05, 0) is 15.9 Å². The van der Waals surface area contributed by atoms with Crippen LogP contribution in [0, 0.1) is 0 Å². The molecule has 0 spiro atoms. The molecule has 6 heteroatoms. The molecule has 0 aromatic carbocycles. The van der Waals surface area contributed by atoms with Crippen molar-refractivity contribution in [2.24, 2.45) is 5.10 Å². The predicted molar refractivity (Wildman–Crippen MR) is 57.2 cm³/mol. The third-order valence-electron chi connectivity index (χ3n) is 1.24. The molecule has 2 N–H and O–H groups in total. The smallest absolute Gasteiger partial charge is 0.334 e. The quantitative estimate of drug-likeness (QED) is 0.619. The molecular formula is C7H8BrN3OS. The first-order valence-corrected chi connectivity index (χ1v) is 5.20. The Hall–Kier alpha value is -0.880. The molecule has 0 aliphatic heterocycles. The molecule has 0 aliphatic carbocycles. The number of carbonyl (C=O) groups excluding carboxylic acids is 1. The lowest BCUT2D eigenvalue weighted by atomic mass is 10.4. The summed E-state index contributed by atoms with van der Waals surface area (Å²) in [6.07, 6.45) is 1.58. The number of hydrogen-bond acceptors (Lipinski definition) is 3. The molecule has 0 aliphatic rings. The highest BCUT2D eigenvalue weighted by Gasteiger charge is 1.96. The fourth-order valence-electron chi connectivity index (χ4n) is 0.600. The minimum absolute atomic E-state index is 0.331. The number of nitrogens with one attached hydrogen (secondary N) is 2. The number of rotatable bonds is 2. The van der Waals surface area contributed by atoms with Crippen LogP contribution in [0.5, 0.6) is 0 Å². The van der Waals surface area contributed by atoms with E-state index in [0.717, 1.165) is 10.0 Å². The third kappa shape index (κ3) is 3.16. The molecule has 4 nitrogen and oxygen atoms in total. The summed E-state index contributed by atoms with van der Waals surface area (Å²) in [7, 11) is 1.53. The summed E-state index contributed by atoms with van der Waals surface area (Å²) < 4.78 is 0.972. The highest BCUT2D eigenvalue weighted by Crippen LogP contribution is 2.18. The van der Waals surface area contributed by atoms with Crippen molar-refractivity contribution in [3.63, 3.8) is 0 Å². The second-order valence-electron chi connectivity index (χ2n) is 2.12. The maximum atomic E-state index is 10.7. The second-order valence-corrected chi connectivity index (χ2v) is 3.72. The fraction of sp³-hybridized carbons (Fsp3) is 0.143. The van der Waals surface area contributed by atoms with Crippen LogP contribution in [0.3, 0.4) is 0 Å². The molecule has 70 valence electrons. The SMILES string of the molecule is CNC(=O)N/N=C/c1cscc1Br. The van der Waals surface area contributed by atoms with Crippen molar-refractivity contribution in [3.05, 3.63) is 20.8 Å². The van der Waals surface area contributed by atoms with Crippen LogP contribution in [0.25, 0.3) is 0 Å². The molecule has 1 aromatic heterocycles. The Morgan fingerprint density at radius 2 is 2.46 bits per heavy atom. The monoisotopic (exact) mass is 261 g/mol. The van der Waals surface area contributed by atoms with Gasteiger partial charge in [-0.25, -0.2) is 10.2 Å². The normalized spacial score (nSPS) is 10.3. The van der Waals surface area contributed by atoms with E-state index in [2.05, 4.69) is 31.8 Å². The molecule has 0 atom stereocenters. The highest BCUT2D eigenvalue weighted by molar-refractivity contribution is 9.10. The van der Waals surface area contributed by atoms with Crippen LogP contribution in [-0.2, 0) is 0 Å². The van der Waals surface area contributed by atoms with E-state index in [1.54, 1.807) is 17.6 Å². The Morgan fingerprint density at radius 3 is 3.00 bits per heavy atom. The Labute approximate surface area is 88.2 Å². The Morgan fingerprint density at radius 1 is 1.69 bits per heavy atom. The third-order valence-corrected chi connectivity index (χ3v) is 2.99. The highest BCUT2D eigenvalue weighted by atomic mass is 79.9. The summed E-state index contributed by atoms with van der Waals surface area (Å²) in [5, 5.41) is 10.00. The topological polar surface area (TPSA) is 53.5 Å². The van der Waals surface area contributed by atoms with Gasteiger partial charge < -0.3 is 5.32 Å². The van der Waals surface area contributed by atoms with Gasteiger partial charge in [0.25, 0.3) is 0 Å². The molecule has 13 heavy (non-hydrogen) atoms. The van der Waals surface area contributed by atoms with Crippen molar-refractivity contribution in [2.45, 2.75) is 0 Å². The van der Waals surface area contributed by atoms with Crippen molar-refractivity contribution in [1.82, 2.24) is 10.7 Å². The van der Waals surface area contributed by atoms with Gasteiger partial charge in [0.05, 0.1) is 6.21 Å². The zero-order chi connectivity index (χ0) is 9.68. The maximum Gasteiger partial charge on any atom is 0.334 e. The number of carbonyl (C=O) groups is 1. The molecule has 0 bridgehead atoms. The van der Waals surface area contributed by atoms with Gasteiger partial charge in [0, 0.05) is 27.8 Å². The van der Waals surface area contributed by atoms with Gasteiger partial charge >= 0.3 is 6.03 Å². The standard InChI is InChI=1S/C7H8BrN3OS/c1-9-7(12)11-10-2-5-3-13-4-6(5)8/h2-4H,1H3,(H2,9,11,12)/b10-2+. The molecule has 1 heterocycles. The summed E-state index contributed by atoms with van der Waals surface area (Å²) in [5.74, 6) is 0. The van der Waals surface area contributed by atoms with E-state index >= 15 is 0 Å². The molecule has 0 saturated carbocycles. The average molecular weight is 262 g/mol. The number of hydrogen-bond donors (Lipinski definition) is 2. The predicted octanol–water partition coefficient (Wildman–Crippen LogP) is 1.77. The molecule has 1 rings (SSSR count). The number of nitrogens with zero attached hydrogens (tertiary/aromatic N) is 1. The Kier molecular flexibility index (Phi) is 3.91. The van der Waals surface area contributed by atoms with Crippen LogP contribution in [0.1, 0.15) is 5.56 Å². The summed E-state index contributed by atoms with van der Waals surface area (Å²) in [6.45, 7) is 0. The Bertz CT molecular complexity index is 323. The van der Waals surface area contributed by atoms with E-state index in [-0.39, 0.29) is 6.03 Å². The lowest BCUT2D eigenvalue weighted by Crippen LogP contribution is -2.28. The van der Waals surface area contributed by atoms with Crippen LogP contribution in [-0.4, -0.2) is 19.3 Å². The molecule has 1 aromatic rings. The van der Waals surface area contributed by atoms with E-state index < -0.39 is 0 Å². The van der Waals surface area contributed by atoms with Crippen molar-refractivity contribution < 1.29 is 4.79 Å². The van der Waals surface area contributed by atoms with Crippen LogP contribution < -0.4 is 10.7 Å². The summed E-state index contributed by atoms with van der Waals surface area (Å²) >= 11 is 4.91. The summed E-state index contributed by atoms with van der Waals surface area (Å²) in [5.41, 5.74) is 3.25. The second kappa shape index (κ2) is 4.98. The Balaban J connectivity index is 2.50. The van der Waals surface area contributed by atoms with Crippen LogP contribution in [0.4, 0.5) is 4.79 Å². The van der Waals surface area contributed by atoms with Gasteiger partial charge in [-0.1, -0.05) is 0 Å². The summed E-state index contributed by atoms with van der Waals surface area (Å²) in [4.78, 5) is 10.7. The lowest BCUT2D eigenvalue weighted by Gasteiger charge is -1.94. The number of halogens is 1. The maximum absolute atomic E-state index is 10.7. The van der Waals surface area contributed by atoms with Crippen LogP contribution in [0.2, 0.25) is 0 Å². The number of hydrazone groups is 1. The molecule has 0 fully saturated rings. The zero-order valence-corrected chi connectivity index (χ0v) is 9.28. The van der Waals surface area contributed by atoms with E-state index in [0.29, 0.717) is 0 Å². The van der Waals surface area contributed by atoms with E-state index in [1.807, 2.05) is 10.8 Å². The minimum Gasteiger partial charge on any atom is -0.340 e. The summed E-state index contributed by atoms with van der Waals surface area (Å²) in [6, 6.07) is -0.331. The molecule has 2 amide bonds. The van der Waals surface area contributed by atoms with Crippen molar-refractivity contribution >= 4 is 39.5 Å². The fourth-order valence-corrected chi connectivity index (χ4v) is 1.95. The first-order valence-electron chi connectivity index (χ1n) is 3.46. The number of thiophene rings is 1. The zero-order valence-electron chi connectivity index (χ0n) is 6.87. The van der Waals surface area contributed by atoms with Crippen LogP contribution in [0.15, 0.2) is 20.3 Å². The van der Waals surface area contributed by atoms with Gasteiger partial charge in [-0.3, -0.25) is 0 Å². The molecule has 0 unspecified atom stereocenters. The van der Waals surface area contributed by atoms with Gasteiger partial charge in [0.2, 0.25) is 0 Å². The molecular weight excluding hydrogens is 254 g/mol. The minimum atomic E-state index is -0.331. The first-order chi connectivity index (χ1) is 6.24. The lowest BCUT2D eigenvalue weighted by molar-refractivity contribution is 0.243. The van der Waals surface area contributed by atoms with E-state index in [9.17, 15) is 4.79 Å². The van der Waals surface area contributed by atoms with Crippen molar-refractivity contribution in [1.29, 1.82) is 0 Å². The van der Waals surface area contributed by atoms with Gasteiger partial charge in [0.1, 0.15) is 0 Å². The average Bonchev–Trinajstić information content (AvgIpc) is 2.52. The first kappa shape index (κ1) is 10.2. The van der Waals surface area contributed by atoms with E-state index in [1.165, 1.54) is 7.05 Å². The number of amides is 2. The van der Waals surface area contributed by atoms with E-state index in [4.69, 9.17) is 0 Å². The van der Waals surface area contributed by atoms with Crippen molar-refractivity contribution in [3.8, 4) is 0 Å². The number of urea groups is 1. The van der Waals surface area contributed by atoms with Crippen molar-refractivity contribution in [2.75, 3.05) is 7.05 Å². The van der Waals surface area contributed by atoms with Gasteiger partial charge in [0.15, 0.2) is 0 Å². The van der Waals surface area contributed by atoms with Gasteiger partial charge in [-0.15, -0.1) is 0 Å². The largest absolute Gasteiger partial charge is 0.340 e. The van der Waals surface area contributed by atoms with Crippen LogP contribution >= 0.6 is 27.3 Å².